The van der Waals surface area contributed by atoms with Crippen molar-refractivity contribution in [2.45, 2.75) is 51.5 Å². The van der Waals surface area contributed by atoms with Crippen LogP contribution in [0.2, 0.25) is 0 Å². The highest BCUT2D eigenvalue weighted by Gasteiger charge is 2.40. The molecule has 1 aromatic carbocycles. The van der Waals surface area contributed by atoms with Crippen LogP contribution in [0.4, 0.5) is 0 Å². The Morgan fingerprint density at radius 3 is 2.55 bits per heavy atom. The maximum Gasteiger partial charge on any atom is 0.494 e. The minimum absolute atomic E-state index is 0.109. The largest absolute Gasteiger partial charge is 0.494 e. The second-order valence-electron chi connectivity index (χ2n) is 6.10. The molecule has 0 aromatic heterocycles. The smallest absolute Gasteiger partial charge is 0.402 e. The van der Waals surface area contributed by atoms with E-state index in [4.69, 9.17) is 9.31 Å². The zero-order valence-electron chi connectivity index (χ0n) is 11.8. The molecule has 2 atom stereocenters. The molecule has 2 heterocycles. The lowest BCUT2D eigenvalue weighted by Crippen LogP contribution is -2.32. The van der Waals surface area contributed by atoms with Crippen molar-refractivity contribution < 1.29 is 14.1 Å². The van der Waals surface area contributed by atoms with Crippen LogP contribution in [0.25, 0.3) is 0 Å². The molecule has 3 aliphatic rings. The van der Waals surface area contributed by atoms with E-state index in [9.17, 15) is 4.79 Å². The van der Waals surface area contributed by atoms with E-state index in [2.05, 4.69) is 6.07 Å². The average molecular weight is 271 g/mol. The van der Waals surface area contributed by atoms with Crippen molar-refractivity contribution in [1.29, 1.82) is 0 Å². The van der Waals surface area contributed by atoms with Crippen LogP contribution in [-0.4, -0.2) is 36.2 Å². The first kappa shape index (κ1) is 12.4. The number of hydrogen-bond acceptors (Lipinski definition) is 3. The van der Waals surface area contributed by atoms with Gasteiger partial charge in [-0.3, -0.25) is 4.79 Å². The molecule has 2 fully saturated rings. The highest BCUT2D eigenvalue weighted by Crippen LogP contribution is 2.34. The highest BCUT2D eigenvalue weighted by molar-refractivity contribution is 6.61. The maximum absolute atomic E-state index is 12.3. The number of fused-ring (bicyclic) bond motifs is 1. The van der Waals surface area contributed by atoms with E-state index in [0.717, 1.165) is 36.0 Å². The molecule has 1 saturated carbocycles. The average Bonchev–Trinajstić information content (AvgIpc) is 3.15. The number of amides is 1. The highest BCUT2D eigenvalue weighted by atomic mass is 16.7. The first-order chi connectivity index (χ1) is 9.63. The van der Waals surface area contributed by atoms with Crippen LogP contribution >= 0.6 is 0 Å². The van der Waals surface area contributed by atoms with Crippen molar-refractivity contribution in [1.82, 2.24) is 4.90 Å². The number of hydrogen-bond donors (Lipinski definition) is 0. The second-order valence-corrected chi connectivity index (χ2v) is 6.10. The van der Waals surface area contributed by atoms with E-state index in [1.165, 1.54) is 0 Å². The summed E-state index contributed by atoms with van der Waals surface area (Å²) in [6, 6.07) is 6.43. The Morgan fingerprint density at radius 1 is 1.20 bits per heavy atom. The van der Waals surface area contributed by atoms with Crippen molar-refractivity contribution in [3.8, 4) is 0 Å². The van der Waals surface area contributed by atoms with Crippen molar-refractivity contribution in [2.24, 2.45) is 0 Å². The van der Waals surface area contributed by atoms with Gasteiger partial charge in [0, 0.05) is 18.2 Å². The summed E-state index contributed by atoms with van der Waals surface area (Å²) < 4.78 is 11.6. The van der Waals surface area contributed by atoms with E-state index in [1.54, 1.807) is 0 Å². The number of nitrogens with zero attached hydrogens (tertiary/aromatic N) is 1. The van der Waals surface area contributed by atoms with E-state index >= 15 is 0 Å². The first-order valence-electron chi connectivity index (χ1n) is 7.38. The lowest BCUT2D eigenvalue weighted by molar-refractivity contribution is 0.0766. The number of benzene rings is 1. The molecule has 104 valence electrons. The van der Waals surface area contributed by atoms with Crippen LogP contribution in [0.1, 0.15) is 42.6 Å². The molecular formula is C15H18BNO3. The topological polar surface area (TPSA) is 38.8 Å². The molecule has 0 bridgehead atoms. The van der Waals surface area contributed by atoms with E-state index in [0.29, 0.717) is 6.04 Å². The summed E-state index contributed by atoms with van der Waals surface area (Å²) in [6.45, 7) is 4.79. The van der Waals surface area contributed by atoms with Crippen LogP contribution < -0.4 is 5.46 Å². The van der Waals surface area contributed by atoms with Crippen molar-refractivity contribution in [2.75, 3.05) is 0 Å². The summed E-state index contributed by atoms with van der Waals surface area (Å²) in [5.74, 6) is 0.184. The molecule has 0 radical (unpaired) electrons. The van der Waals surface area contributed by atoms with Crippen LogP contribution in [0, 0.1) is 0 Å². The van der Waals surface area contributed by atoms with Crippen molar-refractivity contribution in [3.63, 3.8) is 0 Å². The predicted octanol–water partition coefficient (Wildman–Crippen LogP) is 1.32. The van der Waals surface area contributed by atoms with Gasteiger partial charge in [-0.25, -0.2) is 0 Å². The molecule has 0 spiro atoms. The normalized spacial score (nSPS) is 29.2. The van der Waals surface area contributed by atoms with Gasteiger partial charge in [-0.15, -0.1) is 0 Å². The third kappa shape index (κ3) is 1.88. The third-order valence-corrected chi connectivity index (χ3v) is 4.56. The second kappa shape index (κ2) is 4.33. The molecule has 4 nitrogen and oxygen atoms in total. The molecule has 1 aliphatic carbocycles. The van der Waals surface area contributed by atoms with Gasteiger partial charge in [-0.05, 0) is 43.8 Å². The molecular weight excluding hydrogens is 253 g/mol. The van der Waals surface area contributed by atoms with Gasteiger partial charge in [0.15, 0.2) is 0 Å². The monoisotopic (exact) mass is 271 g/mol. The standard InChI is InChI=1S/C15H18BNO3/c1-9-10(2)20-16(19-9)12-3-6-14-11(7-12)8-17(15(14)18)13-4-5-13/h3,6-7,9-10,13H,4-5,8H2,1-2H3. The maximum atomic E-state index is 12.3. The lowest BCUT2D eigenvalue weighted by atomic mass is 9.78. The van der Waals surface area contributed by atoms with E-state index < -0.39 is 0 Å². The number of carbonyl (C=O) groups is 1. The summed E-state index contributed by atoms with van der Waals surface area (Å²) in [7, 11) is -0.296. The summed E-state index contributed by atoms with van der Waals surface area (Å²) in [5, 5.41) is 0. The Hall–Kier alpha value is -1.33. The zero-order valence-corrected chi connectivity index (χ0v) is 11.8. The fourth-order valence-corrected chi connectivity index (χ4v) is 2.99. The van der Waals surface area contributed by atoms with Crippen LogP contribution in [0.15, 0.2) is 18.2 Å². The Balaban J connectivity index is 1.60. The van der Waals surface area contributed by atoms with Crippen LogP contribution in [-0.2, 0) is 15.9 Å². The summed E-state index contributed by atoms with van der Waals surface area (Å²) in [6.07, 6.45) is 2.52. The van der Waals surface area contributed by atoms with E-state index in [1.807, 2.05) is 30.9 Å². The summed E-state index contributed by atoms with van der Waals surface area (Å²) in [5.41, 5.74) is 2.98. The van der Waals surface area contributed by atoms with Crippen LogP contribution in [0.3, 0.4) is 0 Å². The molecule has 2 unspecified atom stereocenters. The van der Waals surface area contributed by atoms with Gasteiger partial charge in [-0.1, -0.05) is 12.1 Å². The quantitative estimate of drug-likeness (QED) is 0.761. The van der Waals surface area contributed by atoms with Gasteiger partial charge in [0.1, 0.15) is 0 Å². The molecule has 20 heavy (non-hydrogen) atoms. The first-order valence-corrected chi connectivity index (χ1v) is 7.38. The van der Waals surface area contributed by atoms with Gasteiger partial charge in [0.2, 0.25) is 0 Å². The summed E-state index contributed by atoms with van der Waals surface area (Å²) in [4.78, 5) is 14.3. The Kier molecular flexibility index (Phi) is 2.69. The zero-order chi connectivity index (χ0) is 13.9. The van der Waals surface area contributed by atoms with Gasteiger partial charge in [0.05, 0.1) is 12.2 Å². The molecule has 1 aromatic rings. The van der Waals surface area contributed by atoms with Gasteiger partial charge < -0.3 is 14.2 Å². The SMILES string of the molecule is CC1OB(c2ccc3c(c2)CN(C2CC2)C3=O)OC1C. The Labute approximate surface area is 119 Å². The van der Waals surface area contributed by atoms with E-state index in [-0.39, 0.29) is 25.2 Å². The van der Waals surface area contributed by atoms with Crippen molar-refractivity contribution in [3.05, 3.63) is 29.3 Å². The molecule has 2 aliphatic heterocycles. The minimum Gasteiger partial charge on any atom is -0.402 e. The Morgan fingerprint density at radius 2 is 1.90 bits per heavy atom. The summed E-state index contributed by atoms with van der Waals surface area (Å²) >= 11 is 0. The molecule has 5 heteroatoms. The third-order valence-electron chi connectivity index (χ3n) is 4.56. The fraction of sp³-hybridized carbons (Fsp3) is 0.533. The molecule has 1 saturated heterocycles. The number of carbonyl (C=O) groups excluding carboxylic acids is 1. The fourth-order valence-electron chi connectivity index (χ4n) is 2.99. The van der Waals surface area contributed by atoms with Gasteiger partial charge >= 0.3 is 7.12 Å². The Bertz CT molecular complexity index is 562. The lowest BCUT2D eigenvalue weighted by Gasteiger charge is -2.13. The molecule has 0 N–H and O–H groups in total. The molecule has 4 rings (SSSR count). The number of rotatable bonds is 2. The van der Waals surface area contributed by atoms with Gasteiger partial charge in [0.25, 0.3) is 5.91 Å². The van der Waals surface area contributed by atoms with Crippen LogP contribution in [0.5, 0.6) is 0 Å². The van der Waals surface area contributed by atoms with Gasteiger partial charge in [-0.2, -0.15) is 0 Å². The predicted molar refractivity (Wildman–Crippen MR) is 75.8 cm³/mol. The molecule has 1 amide bonds. The minimum atomic E-state index is -0.296. The van der Waals surface area contributed by atoms with Crippen molar-refractivity contribution >= 4 is 18.5 Å².